The summed E-state index contributed by atoms with van der Waals surface area (Å²) in [5, 5.41) is 7.10. The van der Waals surface area contributed by atoms with E-state index in [9.17, 15) is 4.79 Å². The predicted octanol–water partition coefficient (Wildman–Crippen LogP) is 1.90. The minimum atomic E-state index is -0.630. The number of carbonyl (C=O) groups excluding carboxylic acids is 1. The number of nitrogens with zero attached hydrogens (tertiary/aromatic N) is 2. The minimum Gasteiger partial charge on any atom is -0.352 e. The number of amides is 1. The Balaban J connectivity index is 2.55. The number of hydrogen-bond donors (Lipinski definition) is 2. The quantitative estimate of drug-likeness (QED) is 0.754. The molecule has 2 atom stereocenters. The number of nitrogens with one attached hydrogen (secondary N) is 1. The molecule has 5 nitrogen and oxygen atoms in total. The van der Waals surface area contributed by atoms with Crippen molar-refractivity contribution in [2.45, 2.75) is 58.0 Å². The molecule has 0 saturated heterocycles. The van der Waals surface area contributed by atoms with Crippen molar-refractivity contribution >= 4 is 5.91 Å². The molecule has 0 radical (unpaired) electrons. The Morgan fingerprint density at radius 3 is 2.68 bits per heavy atom. The number of aromatic nitrogens is 2. The summed E-state index contributed by atoms with van der Waals surface area (Å²) in [4.78, 5) is 12.1. The third kappa shape index (κ3) is 5.03. The van der Waals surface area contributed by atoms with Gasteiger partial charge in [-0.15, -0.1) is 0 Å². The van der Waals surface area contributed by atoms with Gasteiger partial charge in [-0.3, -0.25) is 9.48 Å². The van der Waals surface area contributed by atoms with E-state index in [0.29, 0.717) is 0 Å². The molecular formula is C14H26N4O. The smallest absolute Gasteiger partial charge is 0.241 e. The van der Waals surface area contributed by atoms with Crippen LogP contribution in [0.2, 0.25) is 0 Å². The van der Waals surface area contributed by atoms with E-state index in [0.717, 1.165) is 37.7 Å². The average Bonchev–Trinajstić information content (AvgIpc) is 2.81. The van der Waals surface area contributed by atoms with Gasteiger partial charge in [0, 0.05) is 24.8 Å². The van der Waals surface area contributed by atoms with Gasteiger partial charge in [-0.05, 0) is 12.8 Å². The van der Waals surface area contributed by atoms with Crippen molar-refractivity contribution in [3.05, 3.63) is 18.0 Å². The lowest BCUT2D eigenvalue weighted by Gasteiger charge is -2.20. The van der Waals surface area contributed by atoms with Crippen LogP contribution in [0.25, 0.3) is 0 Å². The maximum absolute atomic E-state index is 12.1. The van der Waals surface area contributed by atoms with E-state index in [1.54, 1.807) is 17.1 Å². The molecule has 0 aromatic carbocycles. The Morgan fingerprint density at radius 2 is 2.16 bits per heavy atom. The van der Waals surface area contributed by atoms with Crippen molar-refractivity contribution < 1.29 is 4.79 Å². The monoisotopic (exact) mass is 266 g/mol. The van der Waals surface area contributed by atoms with E-state index in [1.165, 1.54) is 0 Å². The molecule has 1 amide bonds. The van der Waals surface area contributed by atoms with Gasteiger partial charge in [0.1, 0.15) is 6.04 Å². The molecule has 0 aliphatic heterocycles. The van der Waals surface area contributed by atoms with Gasteiger partial charge in [0.2, 0.25) is 5.91 Å². The van der Waals surface area contributed by atoms with Crippen LogP contribution < -0.4 is 11.1 Å². The van der Waals surface area contributed by atoms with Crippen molar-refractivity contribution in [2.75, 3.05) is 0 Å². The molecule has 0 aliphatic rings. The lowest BCUT2D eigenvalue weighted by atomic mass is 10.0. The average molecular weight is 266 g/mol. The maximum atomic E-state index is 12.1. The van der Waals surface area contributed by atoms with Gasteiger partial charge in [0.05, 0.1) is 6.20 Å². The summed E-state index contributed by atoms with van der Waals surface area (Å²) in [6.07, 6.45) is 8.80. The standard InChI is InChI=1S/C14H26N4O/c1-4-6-8-12(7-5-2)17-14(19)13(15)11-9-16-18(3)10-11/h9-10,12-13H,4-8,15H2,1-3H3,(H,17,19). The fraction of sp³-hybridized carbons (Fsp3) is 0.714. The molecule has 1 aromatic heterocycles. The van der Waals surface area contributed by atoms with Crippen molar-refractivity contribution in [2.24, 2.45) is 12.8 Å². The van der Waals surface area contributed by atoms with Gasteiger partial charge in [-0.2, -0.15) is 5.10 Å². The van der Waals surface area contributed by atoms with Crippen molar-refractivity contribution in [1.29, 1.82) is 0 Å². The third-order valence-electron chi connectivity index (χ3n) is 3.26. The van der Waals surface area contributed by atoms with Gasteiger partial charge in [0.15, 0.2) is 0 Å². The van der Waals surface area contributed by atoms with Crippen LogP contribution in [-0.2, 0) is 11.8 Å². The topological polar surface area (TPSA) is 72.9 Å². The van der Waals surface area contributed by atoms with Crippen LogP contribution in [0.15, 0.2) is 12.4 Å². The van der Waals surface area contributed by atoms with E-state index >= 15 is 0 Å². The minimum absolute atomic E-state index is 0.109. The SMILES string of the molecule is CCCCC(CCC)NC(=O)C(N)c1cnn(C)c1. The molecule has 1 heterocycles. The summed E-state index contributed by atoms with van der Waals surface area (Å²) < 4.78 is 1.66. The molecule has 108 valence electrons. The fourth-order valence-corrected chi connectivity index (χ4v) is 2.13. The lowest BCUT2D eigenvalue weighted by Crippen LogP contribution is -2.40. The zero-order chi connectivity index (χ0) is 14.3. The summed E-state index contributed by atoms with van der Waals surface area (Å²) in [6.45, 7) is 4.29. The maximum Gasteiger partial charge on any atom is 0.241 e. The van der Waals surface area contributed by atoms with Crippen molar-refractivity contribution in [1.82, 2.24) is 15.1 Å². The number of aryl methyl sites for hydroxylation is 1. The highest BCUT2D eigenvalue weighted by molar-refractivity contribution is 5.83. The van der Waals surface area contributed by atoms with E-state index < -0.39 is 6.04 Å². The van der Waals surface area contributed by atoms with Crippen LogP contribution in [-0.4, -0.2) is 21.7 Å². The van der Waals surface area contributed by atoms with Crippen molar-refractivity contribution in [3.63, 3.8) is 0 Å². The van der Waals surface area contributed by atoms with E-state index in [2.05, 4.69) is 24.3 Å². The van der Waals surface area contributed by atoms with E-state index in [4.69, 9.17) is 5.73 Å². The Hall–Kier alpha value is -1.36. The molecule has 19 heavy (non-hydrogen) atoms. The van der Waals surface area contributed by atoms with Crippen LogP contribution in [0.4, 0.5) is 0 Å². The largest absolute Gasteiger partial charge is 0.352 e. The zero-order valence-corrected chi connectivity index (χ0v) is 12.2. The molecule has 0 aliphatic carbocycles. The highest BCUT2D eigenvalue weighted by Gasteiger charge is 2.20. The second-order valence-corrected chi connectivity index (χ2v) is 5.06. The molecule has 0 saturated carbocycles. The molecule has 0 spiro atoms. The van der Waals surface area contributed by atoms with Crippen LogP contribution in [0.5, 0.6) is 0 Å². The highest BCUT2D eigenvalue weighted by Crippen LogP contribution is 2.12. The van der Waals surface area contributed by atoms with Gasteiger partial charge in [0.25, 0.3) is 0 Å². The number of nitrogens with two attached hydrogens (primary N) is 1. The van der Waals surface area contributed by atoms with E-state index in [1.807, 2.05) is 7.05 Å². The first-order valence-corrected chi connectivity index (χ1v) is 7.13. The first kappa shape index (κ1) is 15.7. The molecule has 1 rings (SSSR count). The summed E-state index contributed by atoms with van der Waals surface area (Å²) in [6, 6.07) is -0.394. The van der Waals surface area contributed by atoms with Crippen LogP contribution in [0.1, 0.15) is 57.6 Å². The van der Waals surface area contributed by atoms with Crippen LogP contribution >= 0.6 is 0 Å². The Kier molecular flexibility index (Phi) is 6.56. The van der Waals surface area contributed by atoms with Crippen LogP contribution in [0.3, 0.4) is 0 Å². The third-order valence-corrected chi connectivity index (χ3v) is 3.26. The normalized spacial score (nSPS) is 14.1. The molecule has 3 N–H and O–H groups in total. The Bertz CT molecular complexity index is 389. The predicted molar refractivity (Wildman–Crippen MR) is 76.5 cm³/mol. The Morgan fingerprint density at radius 1 is 1.42 bits per heavy atom. The van der Waals surface area contributed by atoms with Crippen molar-refractivity contribution in [3.8, 4) is 0 Å². The number of unbranched alkanes of at least 4 members (excludes halogenated alkanes) is 1. The molecule has 2 unspecified atom stereocenters. The summed E-state index contributed by atoms with van der Waals surface area (Å²) >= 11 is 0. The molecule has 1 aromatic rings. The summed E-state index contributed by atoms with van der Waals surface area (Å²) in [7, 11) is 1.81. The van der Waals surface area contributed by atoms with Gasteiger partial charge in [-0.25, -0.2) is 0 Å². The van der Waals surface area contributed by atoms with Gasteiger partial charge in [-0.1, -0.05) is 33.1 Å². The first-order valence-electron chi connectivity index (χ1n) is 7.13. The zero-order valence-electron chi connectivity index (χ0n) is 12.2. The second-order valence-electron chi connectivity index (χ2n) is 5.06. The van der Waals surface area contributed by atoms with Gasteiger partial charge >= 0.3 is 0 Å². The number of hydrogen-bond acceptors (Lipinski definition) is 3. The van der Waals surface area contributed by atoms with Gasteiger partial charge < -0.3 is 11.1 Å². The number of carbonyl (C=O) groups is 1. The number of rotatable bonds is 8. The second kappa shape index (κ2) is 7.94. The van der Waals surface area contributed by atoms with Crippen LogP contribution in [0, 0.1) is 0 Å². The Labute approximate surface area is 115 Å². The lowest BCUT2D eigenvalue weighted by molar-refractivity contribution is -0.123. The molecule has 0 fully saturated rings. The molecule has 0 bridgehead atoms. The highest BCUT2D eigenvalue weighted by atomic mass is 16.2. The summed E-state index contributed by atoms with van der Waals surface area (Å²) in [5.74, 6) is -0.109. The van der Waals surface area contributed by atoms with E-state index in [-0.39, 0.29) is 11.9 Å². The molecular weight excluding hydrogens is 240 g/mol. The molecule has 5 heteroatoms. The summed E-state index contributed by atoms with van der Waals surface area (Å²) in [5.41, 5.74) is 6.71. The first-order chi connectivity index (χ1) is 9.08. The fourth-order valence-electron chi connectivity index (χ4n) is 2.13.